The van der Waals surface area contributed by atoms with E-state index in [9.17, 15) is 4.79 Å². The van der Waals surface area contributed by atoms with Crippen LogP contribution in [0.2, 0.25) is 0 Å². The van der Waals surface area contributed by atoms with E-state index in [1.807, 2.05) is 35.2 Å². The molecule has 3 heteroatoms. The van der Waals surface area contributed by atoms with Crippen molar-refractivity contribution in [2.45, 2.75) is 26.2 Å². The summed E-state index contributed by atoms with van der Waals surface area (Å²) in [4.78, 5) is 14.7. The Balaban J connectivity index is 2.13. The standard InChI is InChI=1S/C16H24N2O/c1-12-8-13(2)11-18(10-12)16(19)15(9-17)14-6-4-3-5-7-14/h3-7,12-13,15H,8-11,17H2,1-2H3. The first kappa shape index (κ1) is 14.1. The Kier molecular flexibility index (Phi) is 4.59. The highest BCUT2D eigenvalue weighted by atomic mass is 16.2. The Morgan fingerprint density at radius 1 is 1.26 bits per heavy atom. The molecule has 0 saturated carbocycles. The quantitative estimate of drug-likeness (QED) is 0.906. The van der Waals surface area contributed by atoms with Gasteiger partial charge in [-0.2, -0.15) is 0 Å². The van der Waals surface area contributed by atoms with Crippen LogP contribution in [-0.4, -0.2) is 30.4 Å². The van der Waals surface area contributed by atoms with E-state index in [-0.39, 0.29) is 11.8 Å². The summed E-state index contributed by atoms with van der Waals surface area (Å²) < 4.78 is 0. The molecule has 0 radical (unpaired) electrons. The summed E-state index contributed by atoms with van der Waals surface area (Å²) >= 11 is 0. The molecule has 1 saturated heterocycles. The van der Waals surface area contributed by atoms with E-state index >= 15 is 0 Å². The van der Waals surface area contributed by atoms with E-state index < -0.39 is 0 Å². The van der Waals surface area contributed by atoms with E-state index in [1.165, 1.54) is 6.42 Å². The number of carbonyl (C=O) groups excluding carboxylic acids is 1. The molecule has 2 N–H and O–H groups in total. The lowest BCUT2D eigenvalue weighted by Gasteiger charge is -2.37. The van der Waals surface area contributed by atoms with Gasteiger partial charge in [0.05, 0.1) is 5.92 Å². The van der Waals surface area contributed by atoms with Crippen LogP contribution in [0, 0.1) is 11.8 Å². The molecule has 1 fully saturated rings. The van der Waals surface area contributed by atoms with Crippen LogP contribution in [0.15, 0.2) is 30.3 Å². The Hall–Kier alpha value is -1.35. The van der Waals surface area contributed by atoms with Crippen LogP contribution in [0.4, 0.5) is 0 Å². The summed E-state index contributed by atoms with van der Waals surface area (Å²) in [6, 6.07) is 9.88. The number of carbonyl (C=O) groups is 1. The molecule has 19 heavy (non-hydrogen) atoms. The largest absolute Gasteiger partial charge is 0.342 e. The van der Waals surface area contributed by atoms with Gasteiger partial charge in [0.15, 0.2) is 0 Å². The monoisotopic (exact) mass is 260 g/mol. The maximum absolute atomic E-state index is 12.7. The van der Waals surface area contributed by atoms with E-state index in [0.29, 0.717) is 18.4 Å². The lowest BCUT2D eigenvalue weighted by Crippen LogP contribution is -2.45. The van der Waals surface area contributed by atoms with Crippen molar-refractivity contribution in [3.8, 4) is 0 Å². The van der Waals surface area contributed by atoms with Crippen molar-refractivity contribution < 1.29 is 4.79 Å². The lowest BCUT2D eigenvalue weighted by molar-refractivity contribution is -0.135. The first-order chi connectivity index (χ1) is 9.11. The Labute approximate surface area is 115 Å². The van der Waals surface area contributed by atoms with Gasteiger partial charge in [-0.1, -0.05) is 44.2 Å². The van der Waals surface area contributed by atoms with Crippen LogP contribution >= 0.6 is 0 Å². The first-order valence-corrected chi connectivity index (χ1v) is 7.15. The van der Waals surface area contributed by atoms with E-state index in [4.69, 9.17) is 5.73 Å². The number of piperidine rings is 1. The molecule has 1 heterocycles. The van der Waals surface area contributed by atoms with Gasteiger partial charge in [-0.15, -0.1) is 0 Å². The molecule has 0 bridgehead atoms. The van der Waals surface area contributed by atoms with Crippen molar-refractivity contribution in [2.24, 2.45) is 17.6 Å². The lowest BCUT2D eigenvalue weighted by atomic mass is 9.90. The van der Waals surface area contributed by atoms with Crippen LogP contribution < -0.4 is 5.73 Å². The molecule has 1 amide bonds. The van der Waals surface area contributed by atoms with Gasteiger partial charge >= 0.3 is 0 Å². The van der Waals surface area contributed by atoms with Crippen molar-refractivity contribution in [3.63, 3.8) is 0 Å². The molecule has 104 valence electrons. The van der Waals surface area contributed by atoms with Crippen molar-refractivity contribution in [2.75, 3.05) is 19.6 Å². The number of hydrogen-bond acceptors (Lipinski definition) is 2. The van der Waals surface area contributed by atoms with Crippen molar-refractivity contribution in [1.29, 1.82) is 0 Å². The molecular weight excluding hydrogens is 236 g/mol. The highest BCUT2D eigenvalue weighted by Gasteiger charge is 2.30. The van der Waals surface area contributed by atoms with Gasteiger partial charge in [-0.3, -0.25) is 4.79 Å². The van der Waals surface area contributed by atoms with Gasteiger partial charge in [0, 0.05) is 19.6 Å². The highest BCUT2D eigenvalue weighted by Crippen LogP contribution is 2.25. The van der Waals surface area contributed by atoms with Gasteiger partial charge in [-0.25, -0.2) is 0 Å². The zero-order chi connectivity index (χ0) is 13.8. The van der Waals surface area contributed by atoms with Crippen LogP contribution in [0.1, 0.15) is 31.7 Å². The number of hydrogen-bond donors (Lipinski definition) is 1. The number of nitrogens with two attached hydrogens (primary N) is 1. The smallest absolute Gasteiger partial charge is 0.231 e. The van der Waals surface area contributed by atoms with Gasteiger partial charge < -0.3 is 10.6 Å². The Morgan fingerprint density at radius 2 is 1.84 bits per heavy atom. The molecular formula is C16H24N2O. The fourth-order valence-corrected chi connectivity index (χ4v) is 3.13. The first-order valence-electron chi connectivity index (χ1n) is 7.15. The third kappa shape index (κ3) is 3.35. The number of amides is 1. The SMILES string of the molecule is CC1CC(C)CN(C(=O)C(CN)c2ccccc2)C1. The molecule has 3 nitrogen and oxygen atoms in total. The minimum absolute atomic E-state index is 0.187. The Bertz CT molecular complexity index is 408. The van der Waals surface area contributed by atoms with Crippen LogP contribution in [0.5, 0.6) is 0 Å². The average Bonchev–Trinajstić information content (AvgIpc) is 2.39. The second-order valence-corrected chi connectivity index (χ2v) is 5.89. The predicted octanol–water partition coefficient (Wildman–Crippen LogP) is 2.23. The van der Waals surface area contributed by atoms with Gasteiger partial charge in [-0.05, 0) is 23.8 Å². The summed E-state index contributed by atoms with van der Waals surface area (Å²) in [5.74, 6) is 1.16. The summed E-state index contributed by atoms with van der Waals surface area (Å²) in [5, 5.41) is 0. The van der Waals surface area contributed by atoms with Crippen LogP contribution in [0.3, 0.4) is 0 Å². The second-order valence-electron chi connectivity index (χ2n) is 5.89. The van der Waals surface area contributed by atoms with Crippen molar-refractivity contribution in [1.82, 2.24) is 4.90 Å². The minimum atomic E-state index is -0.196. The fraction of sp³-hybridized carbons (Fsp3) is 0.562. The van der Waals surface area contributed by atoms with Gasteiger partial charge in [0.2, 0.25) is 5.91 Å². The molecule has 0 aliphatic carbocycles. The molecule has 1 aromatic carbocycles. The summed E-state index contributed by atoms with van der Waals surface area (Å²) in [6.45, 7) is 6.55. The molecule has 2 rings (SSSR count). The van der Waals surface area contributed by atoms with Gasteiger partial charge in [0.1, 0.15) is 0 Å². The number of benzene rings is 1. The molecule has 0 spiro atoms. The zero-order valence-electron chi connectivity index (χ0n) is 11.9. The van der Waals surface area contributed by atoms with Crippen molar-refractivity contribution >= 4 is 5.91 Å². The normalized spacial score (nSPS) is 25.1. The number of likely N-dealkylation sites (tertiary alicyclic amines) is 1. The molecule has 1 aliphatic heterocycles. The molecule has 0 aromatic heterocycles. The minimum Gasteiger partial charge on any atom is -0.342 e. The van der Waals surface area contributed by atoms with Crippen LogP contribution in [0.25, 0.3) is 0 Å². The average molecular weight is 260 g/mol. The maximum atomic E-state index is 12.7. The predicted molar refractivity (Wildman–Crippen MR) is 77.8 cm³/mol. The highest BCUT2D eigenvalue weighted by molar-refractivity contribution is 5.84. The fourth-order valence-electron chi connectivity index (χ4n) is 3.13. The summed E-state index contributed by atoms with van der Waals surface area (Å²) in [6.07, 6.45) is 1.21. The summed E-state index contributed by atoms with van der Waals surface area (Å²) in [5.41, 5.74) is 6.86. The van der Waals surface area contributed by atoms with E-state index in [1.54, 1.807) is 0 Å². The number of rotatable bonds is 3. The third-order valence-corrected chi connectivity index (χ3v) is 3.92. The topological polar surface area (TPSA) is 46.3 Å². The Morgan fingerprint density at radius 3 is 2.37 bits per heavy atom. The van der Waals surface area contributed by atoms with E-state index in [0.717, 1.165) is 18.7 Å². The molecule has 3 atom stereocenters. The van der Waals surface area contributed by atoms with E-state index in [2.05, 4.69) is 13.8 Å². The van der Waals surface area contributed by atoms with Gasteiger partial charge in [0.25, 0.3) is 0 Å². The van der Waals surface area contributed by atoms with Crippen LogP contribution in [-0.2, 0) is 4.79 Å². The maximum Gasteiger partial charge on any atom is 0.231 e. The number of nitrogens with zero attached hydrogens (tertiary/aromatic N) is 1. The summed E-state index contributed by atoms with van der Waals surface area (Å²) in [7, 11) is 0. The third-order valence-electron chi connectivity index (χ3n) is 3.92. The second kappa shape index (κ2) is 6.20. The molecule has 1 aromatic rings. The van der Waals surface area contributed by atoms with Crippen molar-refractivity contribution in [3.05, 3.63) is 35.9 Å². The molecule has 3 unspecified atom stereocenters. The molecule has 1 aliphatic rings. The zero-order valence-corrected chi connectivity index (χ0v) is 11.9.